The van der Waals surface area contributed by atoms with Gasteiger partial charge in [0.05, 0.1) is 11.4 Å². The van der Waals surface area contributed by atoms with Crippen molar-refractivity contribution in [3.8, 4) is 5.69 Å². The van der Waals surface area contributed by atoms with Crippen molar-refractivity contribution in [2.24, 2.45) is 5.41 Å². The molecule has 0 atom stereocenters. The zero-order chi connectivity index (χ0) is 13.3. The zero-order valence-corrected chi connectivity index (χ0v) is 10.9. The van der Waals surface area contributed by atoms with Crippen molar-refractivity contribution in [2.75, 3.05) is 5.73 Å². The van der Waals surface area contributed by atoms with Gasteiger partial charge in [-0.3, -0.25) is 0 Å². The third-order valence-corrected chi connectivity index (χ3v) is 2.55. The number of nitrogens with zero attached hydrogens (tertiary/aromatic N) is 2. The summed E-state index contributed by atoms with van der Waals surface area (Å²) in [6, 6.07) is 8.10. The van der Waals surface area contributed by atoms with E-state index < -0.39 is 0 Å². The van der Waals surface area contributed by atoms with Gasteiger partial charge in [0.15, 0.2) is 0 Å². The molecule has 4 heteroatoms. The molecule has 0 bridgehead atoms. The van der Waals surface area contributed by atoms with E-state index >= 15 is 0 Å². The van der Waals surface area contributed by atoms with Crippen LogP contribution in [0.25, 0.3) is 5.69 Å². The van der Waals surface area contributed by atoms with Gasteiger partial charge < -0.3 is 5.73 Å². The van der Waals surface area contributed by atoms with Gasteiger partial charge in [0.25, 0.3) is 0 Å². The maximum atomic E-state index is 13.2. The van der Waals surface area contributed by atoms with Crippen molar-refractivity contribution in [1.29, 1.82) is 0 Å². The molecule has 0 amide bonds. The number of hydrogen-bond acceptors (Lipinski definition) is 2. The molecule has 3 nitrogen and oxygen atoms in total. The van der Waals surface area contributed by atoms with Gasteiger partial charge in [0.2, 0.25) is 0 Å². The second-order valence-corrected chi connectivity index (χ2v) is 5.69. The Kier molecular flexibility index (Phi) is 3.11. The number of rotatable bonds is 2. The fourth-order valence-corrected chi connectivity index (χ4v) is 1.89. The Hall–Kier alpha value is -1.84. The summed E-state index contributed by atoms with van der Waals surface area (Å²) in [5.74, 6) is 0.236. The van der Waals surface area contributed by atoms with E-state index in [9.17, 15) is 4.39 Å². The summed E-state index contributed by atoms with van der Waals surface area (Å²) in [6.07, 6.45) is 0.833. The summed E-state index contributed by atoms with van der Waals surface area (Å²) in [5.41, 5.74) is 7.63. The lowest BCUT2D eigenvalue weighted by Crippen LogP contribution is -2.10. The van der Waals surface area contributed by atoms with E-state index in [1.807, 2.05) is 6.07 Å². The zero-order valence-electron chi connectivity index (χ0n) is 10.9. The Morgan fingerprint density at radius 3 is 2.61 bits per heavy atom. The summed E-state index contributed by atoms with van der Waals surface area (Å²) >= 11 is 0. The lowest BCUT2D eigenvalue weighted by atomic mass is 9.91. The van der Waals surface area contributed by atoms with E-state index in [1.165, 1.54) is 12.1 Å². The normalized spacial score (nSPS) is 11.8. The van der Waals surface area contributed by atoms with Crippen molar-refractivity contribution in [3.05, 3.63) is 41.8 Å². The van der Waals surface area contributed by atoms with Gasteiger partial charge in [-0.2, -0.15) is 5.10 Å². The molecule has 1 heterocycles. The molecule has 0 aliphatic heterocycles. The molecule has 0 aliphatic carbocycles. The largest absolute Gasteiger partial charge is 0.384 e. The third kappa shape index (κ3) is 2.88. The molecule has 2 rings (SSSR count). The monoisotopic (exact) mass is 247 g/mol. The van der Waals surface area contributed by atoms with E-state index in [0.29, 0.717) is 11.5 Å². The van der Waals surface area contributed by atoms with Crippen molar-refractivity contribution in [2.45, 2.75) is 27.2 Å². The van der Waals surface area contributed by atoms with Crippen LogP contribution in [0.15, 0.2) is 30.3 Å². The summed E-state index contributed by atoms with van der Waals surface area (Å²) < 4.78 is 14.8. The van der Waals surface area contributed by atoms with E-state index in [0.717, 1.165) is 12.1 Å². The van der Waals surface area contributed by atoms with Crippen LogP contribution in [-0.4, -0.2) is 9.78 Å². The van der Waals surface area contributed by atoms with Gasteiger partial charge in [0, 0.05) is 6.07 Å². The van der Waals surface area contributed by atoms with Crippen molar-refractivity contribution < 1.29 is 4.39 Å². The molecule has 1 aromatic heterocycles. The minimum atomic E-state index is -0.292. The van der Waals surface area contributed by atoms with Crippen LogP contribution < -0.4 is 5.73 Å². The van der Waals surface area contributed by atoms with E-state index in [1.54, 1.807) is 16.8 Å². The van der Waals surface area contributed by atoms with Gasteiger partial charge in [-0.15, -0.1) is 0 Å². The first kappa shape index (κ1) is 12.6. The molecule has 0 radical (unpaired) electrons. The average molecular weight is 247 g/mol. The standard InChI is InChI=1S/C14H18FN3/c1-14(2,3)9-11-8-13(16)18(17-11)12-6-4-5-10(15)7-12/h4-8H,9,16H2,1-3H3. The van der Waals surface area contributed by atoms with E-state index in [4.69, 9.17) is 5.73 Å². The molecule has 18 heavy (non-hydrogen) atoms. The Morgan fingerprint density at radius 2 is 2.00 bits per heavy atom. The highest BCUT2D eigenvalue weighted by Crippen LogP contribution is 2.22. The molecule has 0 saturated heterocycles. The molecule has 0 aliphatic rings. The van der Waals surface area contributed by atoms with Crippen molar-refractivity contribution in [1.82, 2.24) is 9.78 Å². The first-order chi connectivity index (χ1) is 8.35. The Bertz CT molecular complexity index is 552. The molecule has 0 spiro atoms. The first-order valence-electron chi connectivity index (χ1n) is 5.95. The van der Waals surface area contributed by atoms with Crippen LogP contribution in [0, 0.1) is 11.2 Å². The molecule has 0 fully saturated rings. The van der Waals surface area contributed by atoms with Crippen LogP contribution in [-0.2, 0) is 6.42 Å². The topological polar surface area (TPSA) is 43.8 Å². The molecule has 96 valence electrons. The fourth-order valence-electron chi connectivity index (χ4n) is 1.89. The molecular weight excluding hydrogens is 229 g/mol. The summed E-state index contributed by atoms with van der Waals surface area (Å²) in [5, 5.41) is 4.43. The van der Waals surface area contributed by atoms with E-state index in [-0.39, 0.29) is 11.2 Å². The smallest absolute Gasteiger partial charge is 0.127 e. The predicted octanol–water partition coefficient (Wildman–Crippen LogP) is 3.18. The predicted molar refractivity (Wildman–Crippen MR) is 71.1 cm³/mol. The second-order valence-electron chi connectivity index (χ2n) is 5.69. The fraction of sp³-hybridized carbons (Fsp3) is 0.357. The molecule has 0 unspecified atom stereocenters. The number of nitrogens with two attached hydrogens (primary N) is 1. The Morgan fingerprint density at radius 1 is 1.28 bits per heavy atom. The number of hydrogen-bond donors (Lipinski definition) is 1. The van der Waals surface area contributed by atoms with E-state index in [2.05, 4.69) is 25.9 Å². The average Bonchev–Trinajstić information content (AvgIpc) is 2.56. The molecular formula is C14H18FN3. The van der Waals surface area contributed by atoms with Gasteiger partial charge in [-0.05, 0) is 30.0 Å². The summed E-state index contributed by atoms with van der Waals surface area (Å²) in [4.78, 5) is 0. The van der Waals surface area contributed by atoms with Gasteiger partial charge in [-0.25, -0.2) is 9.07 Å². The van der Waals surface area contributed by atoms with Gasteiger partial charge in [-0.1, -0.05) is 26.8 Å². The summed E-state index contributed by atoms with van der Waals surface area (Å²) in [7, 11) is 0. The van der Waals surface area contributed by atoms with Crippen LogP contribution in [0.1, 0.15) is 26.5 Å². The third-order valence-electron chi connectivity index (χ3n) is 2.55. The number of aromatic nitrogens is 2. The van der Waals surface area contributed by atoms with Crippen molar-refractivity contribution in [3.63, 3.8) is 0 Å². The minimum absolute atomic E-state index is 0.146. The quantitative estimate of drug-likeness (QED) is 0.885. The van der Waals surface area contributed by atoms with Crippen molar-refractivity contribution >= 4 is 5.82 Å². The minimum Gasteiger partial charge on any atom is -0.384 e. The van der Waals surface area contributed by atoms with Gasteiger partial charge in [0.1, 0.15) is 11.6 Å². The maximum absolute atomic E-state index is 13.2. The highest BCUT2D eigenvalue weighted by Gasteiger charge is 2.15. The molecule has 2 N–H and O–H groups in total. The summed E-state index contributed by atoms with van der Waals surface area (Å²) in [6.45, 7) is 6.43. The lowest BCUT2D eigenvalue weighted by molar-refractivity contribution is 0.405. The number of nitrogen functional groups attached to an aromatic ring is 1. The first-order valence-corrected chi connectivity index (χ1v) is 5.95. The highest BCUT2D eigenvalue weighted by molar-refractivity contribution is 5.43. The Balaban J connectivity index is 2.35. The Labute approximate surface area is 106 Å². The highest BCUT2D eigenvalue weighted by atomic mass is 19.1. The van der Waals surface area contributed by atoms with Crippen LogP contribution in [0.4, 0.5) is 10.2 Å². The molecule has 2 aromatic rings. The van der Waals surface area contributed by atoms with Crippen LogP contribution >= 0.6 is 0 Å². The molecule has 1 aromatic carbocycles. The SMILES string of the molecule is CC(C)(C)Cc1cc(N)n(-c2cccc(F)c2)n1. The number of benzene rings is 1. The number of anilines is 1. The van der Waals surface area contributed by atoms with Gasteiger partial charge >= 0.3 is 0 Å². The number of halogens is 1. The van der Waals surface area contributed by atoms with Crippen LogP contribution in [0.2, 0.25) is 0 Å². The molecule has 0 saturated carbocycles. The van der Waals surface area contributed by atoms with Crippen LogP contribution in [0.3, 0.4) is 0 Å². The maximum Gasteiger partial charge on any atom is 0.127 e. The van der Waals surface area contributed by atoms with Crippen LogP contribution in [0.5, 0.6) is 0 Å². The lowest BCUT2D eigenvalue weighted by Gasteiger charge is -2.15. The second kappa shape index (κ2) is 4.44.